The van der Waals surface area contributed by atoms with Gasteiger partial charge in [0.25, 0.3) is 0 Å². The molecule has 0 saturated heterocycles. The highest BCUT2D eigenvalue weighted by atomic mass is 79.9. The number of nitrogens with zero attached hydrogens (tertiary/aromatic N) is 2. The third-order valence-electron chi connectivity index (χ3n) is 8.31. The third kappa shape index (κ3) is 10.4. The summed E-state index contributed by atoms with van der Waals surface area (Å²) in [6, 6.07) is 17.5. The Kier molecular flexibility index (Phi) is 16.8. The molecule has 0 aliphatic heterocycles. The van der Waals surface area contributed by atoms with Crippen molar-refractivity contribution in [3.05, 3.63) is 92.4 Å². The number of Topliss-reactive ketones (excluding diaryl/α,β-unsaturated/α-hetero) is 2. The van der Waals surface area contributed by atoms with Gasteiger partial charge < -0.3 is 47.7 Å². The van der Waals surface area contributed by atoms with E-state index < -0.39 is 0 Å². The van der Waals surface area contributed by atoms with Gasteiger partial charge in [0.15, 0.2) is 28.8 Å². The number of benzene rings is 4. The normalized spacial score (nSPS) is 11.0. The van der Waals surface area contributed by atoms with E-state index in [0.29, 0.717) is 72.7 Å². The van der Waals surface area contributed by atoms with Crippen LogP contribution in [0.25, 0.3) is 12.2 Å². The molecule has 0 N–H and O–H groups in total. The molecule has 4 aromatic rings. The minimum atomic E-state index is -0.316. The minimum Gasteiger partial charge on any atom is -0.495 e. The predicted molar refractivity (Wildman–Crippen MR) is 226 cm³/mol. The van der Waals surface area contributed by atoms with Crippen LogP contribution in [-0.4, -0.2) is 96.6 Å². The van der Waals surface area contributed by atoms with Crippen molar-refractivity contribution in [3.8, 4) is 46.0 Å². The largest absolute Gasteiger partial charge is 0.495 e. The number of hydrogen-bond acceptors (Lipinski definition) is 12. The van der Waals surface area contributed by atoms with Crippen molar-refractivity contribution in [1.82, 2.24) is 0 Å². The van der Waals surface area contributed by atoms with Gasteiger partial charge in [-0.25, -0.2) is 0 Å². The molecule has 0 heterocycles. The topological polar surface area (TPSA) is 114 Å². The summed E-state index contributed by atoms with van der Waals surface area (Å²) in [6.45, 7) is 0. The SMILES string of the molecule is COc1ccc(C(=O)/C(Br)=C\c2ccc(OC)c(OC)c2OC)cc1N(C)C.COc1ccc(C(=O)/C(Cl)=C\c2ccc(OC)c(OC)c2OC)cc1N(C)C. The molecule has 0 aliphatic rings. The molecule has 0 saturated carbocycles. The number of anilines is 2. The predicted octanol–water partition coefficient (Wildman–Crippen LogP) is 8.66. The lowest BCUT2D eigenvalue weighted by molar-refractivity contribution is 0.103. The molecule has 0 bridgehead atoms. The monoisotopic (exact) mass is 854 g/mol. The second-order valence-electron chi connectivity index (χ2n) is 12.1. The first-order valence-electron chi connectivity index (χ1n) is 16.9. The fraction of sp³-hybridized carbons (Fsp3) is 0.286. The van der Waals surface area contributed by atoms with Crippen LogP contribution in [0.4, 0.5) is 11.4 Å². The van der Waals surface area contributed by atoms with Gasteiger partial charge in [0.2, 0.25) is 17.3 Å². The van der Waals surface area contributed by atoms with Crippen molar-refractivity contribution >= 4 is 62.6 Å². The van der Waals surface area contributed by atoms with Crippen LogP contribution in [-0.2, 0) is 0 Å². The molecule has 0 fully saturated rings. The number of carbonyl (C=O) groups is 2. The number of carbonyl (C=O) groups excluding carboxylic acids is 2. The lowest BCUT2D eigenvalue weighted by Crippen LogP contribution is -2.11. The van der Waals surface area contributed by atoms with E-state index in [2.05, 4.69) is 15.9 Å². The Morgan fingerprint density at radius 3 is 1.21 bits per heavy atom. The first kappa shape index (κ1) is 44.9. The van der Waals surface area contributed by atoms with Gasteiger partial charge in [0.05, 0.1) is 77.8 Å². The Morgan fingerprint density at radius 2 is 0.857 bits per heavy atom. The average Bonchev–Trinajstić information content (AvgIpc) is 3.21. The van der Waals surface area contributed by atoms with E-state index >= 15 is 0 Å². The average molecular weight is 856 g/mol. The number of methoxy groups -OCH3 is 8. The van der Waals surface area contributed by atoms with E-state index in [0.717, 1.165) is 11.4 Å². The summed E-state index contributed by atoms with van der Waals surface area (Å²) in [7, 11) is 19.9. The van der Waals surface area contributed by atoms with Gasteiger partial charge in [0.1, 0.15) is 11.5 Å². The van der Waals surface area contributed by atoms with Crippen LogP contribution in [0.15, 0.2) is 70.2 Å². The zero-order valence-corrected chi connectivity index (χ0v) is 36.0. The van der Waals surface area contributed by atoms with Crippen LogP contribution in [0.1, 0.15) is 31.8 Å². The molecular weight excluding hydrogens is 808 g/mol. The molecule has 0 atom stereocenters. The Hall–Kier alpha value is -5.53. The number of halogens is 2. The number of allylic oxidation sites excluding steroid dienone is 2. The fourth-order valence-electron chi connectivity index (χ4n) is 5.52. The molecule has 0 aromatic heterocycles. The third-order valence-corrected chi connectivity index (χ3v) is 9.18. The summed E-state index contributed by atoms with van der Waals surface area (Å²) in [4.78, 5) is 29.5. The van der Waals surface area contributed by atoms with Crippen LogP contribution in [0, 0.1) is 0 Å². The van der Waals surface area contributed by atoms with E-state index in [1.807, 2.05) is 38.0 Å². The van der Waals surface area contributed by atoms with E-state index in [1.165, 1.54) is 35.5 Å². The molecule has 56 heavy (non-hydrogen) atoms. The Balaban J connectivity index is 0.000000300. The van der Waals surface area contributed by atoms with E-state index in [4.69, 9.17) is 49.5 Å². The maximum absolute atomic E-state index is 12.9. The molecule has 300 valence electrons. The van der Waals surface area contributed by atoms with Gasteiger partial charge in [-0.05, 0) is 88.7 Å². The molecule has 4 aromatic carbocycles. The summed E-state index contributed by atoms with van der Waals surface area (Å²) in [5.41, 5.74) is 3.86. The lowest BCUT2D eigenvalue weighted by atomic mass is 10.1. The summed E-state index contributed by atoms with van der Waals surface area (Å²) in [5.74, 6) is 3.75. The molecule has 12 nitrogen and oxygen atoms in total. The van der Waals surface area contributed by atoms with Gasteiger partial charge in [-0.2, -0.15) is 0 Å². The van der Waals surface area contributed by atoms with Gasteiger partial charge >= 0.3 is 0 Å². The first-order valence-corrected chi connectivity index (χ1v) is 18.0. The summed E-state index contributed by atoms with van der Waals surface area (Å²) in [6.07, 6.45) is 3.24. The zero-order valence-electron chi connectivity index (χ0n) is 33.7. The highest BCUT2D eigenvalue weighted by Gasteiger charge is 2.20. The maximum Gasteiger partial charge on any atom is 0.204 e. The second kappa shape index (κ2) is 21.0. The van der Waals surface area contributed by atoms with Crippen molar-refractivity contribution in [1.29, 1.82) is 0 Å². The second-order valence-corrected chi connectivity index (χ2v) is 13.3. The lowest BCUT2D eigenvalue weighted by Gasteiger charge is -2.17. The van der Waals surface area contributed by atoms with Crippen molar-refractivity contribution in [2.75, 3.05) is 94.9 Å². The number of rotatable bonds is 16. The van der Waals surface area contributed by atoms with E-state index in [9.17, 15) is 9.59 Å². The molecule has 14 heteroatoms. The molecule has 0 amide bonds. The molecule has 0 radical (unpaired) electrons. The van der Waals surface area contributed by atoms with Gasteiger partial charge in [0, 0.05) is 50.4 Å². The van der Waals surface area contributed by atoms with Gasteiger partial charge in [-0.1, -0.05) is 11.6 Å². The van der Waals surface area contributed by atoms with Crippen molar-refractivity contribution < 1.29 is 47.5 Å². The Labute approximate surface area is 342 Å². The molecular formula is C42H48BrClN2O10. The maximum atomic E-state index is 12.9. The fourth-order valence-corrected chi connectivity index (χ4v) is 6.22. The highest BCUT2D eigenvalue weighted by Crippen LogP contribution is 2.42. The number of hydrogen-bond donors (Lipinski definition) is 0. The van der Waals surface area contributed by atoms with Crippen LogP contribution in [0.3, 0.4) is 0 Å². The van der Waals surface area contributed by atoms with E-state index in [-0.39, 0.29) is 16.6 Å². The highest BCUT2D eigenvalue weighted by molar-refractivity contribution is 9.12. The Bertz CT molecular complexity index is 1930. The molecule has 0 unspecified atom stereocenters. The summed E-state index contributed by atoms with van der Waals surface area (Å²) >= 11 is 9.74. The minimum absolute atomic E-state index is 0.0420. The summed E-state index contributed by atoms with van der Waals surface area (Å²) < 4.78 is 43.3. The van der Waals surface area contributed by atoms with Gasteiger partial charge in [-0.3, -0.25) is 9.59 Å². The van der Waals surface area contributed by atoms with Crippen LogP contribution in [0.5, 0.6) is 46.0 Å². The smallest absolute Gasteiger partial charge is 0.204 e. The number of ketones is 2. The van der Waals surface area contributed by atoms with E-state index in [1.54, 1.807) is 94.1 Å². The quantitative estimate of drug-likeness (QED) is 0.0794. The first-order chi connectivity index (χ1) is 26.7. The molecule has 0 aliphatic carbocycles. The van der Waals surface area contributed by atoms with Crippen molar-refractivity contribution in [3.63, 3.8) is 0 Å². The van der Waals surface area contributed by atoms with Crippen molar-refractivity contribution in [2.45, 2.75) is 0 Å². The Morgan fingerprint density at radius 1 is 0.500 bits per heavy atom. The van der Waals surface area contributed by atoms with Crippen LogP contribution in [0.2, 0.25) is 0 Å². The van der Waals surface area contributed by atoms with Crippen LogP contribution >= 0.6 is 27.5 Å². The van der Waals surface area contributed by atoms with Gasteiger partial charge in [-0.15, -0.1) is 0 Å². The number of ether oxygens (including phenoxy) is 8. The molecule has 0 spiro atoms. The standard InChI is InChI=1S/C21H24BrNO5.C21H24ClNO5/c2*1-23(2)16-12-13(7-9-17(16)25-3)19(24)15(22)11-14-8-10-18(26-4)21(28-6)20(14)27-5/h2*7-12H,1-6H3/b2*15-11+. The molecule has 4 rings (SSSR count). The zero-order chi connectivity index (χ0) is 41.7. The summed E-state index contributed by atoms with van der Waals surface area (Å²) in [5, 5.41) is 0.0420. The van der Waals surface area contributed by atoms with Crippen LogP contribution < -0.4 is 47.7 Å². The van der Waals surface area contributed by atoms with Crippen molar-refractivity contribution in [2.24, 2.45) is 0 Å².